The van der Waals surface area contributed by atoms with Crippen LogP contribution in [0.2, 0.25) is 5.15 Å². The lowest BCUT2D eigenvalue weighted by Gasteiger charge is -2.00. The number of carbonyl (C=O) groups excluding carboxylic acids is 1. The smallest absolute Gasteiger partial charge is 0.350 e. The van der Waals surface area contributed by atoms with Crippen molar-refractivity contribution in [2.75, 3.05) is 12.3 Å². The second-order valence-electron chi connectivity index (χ2n) is 3.36. The van der Waals surface area contributed by atoms with E-state index in [9.17, 15) is 4.79 Å². The van der Waals surface area contributed by atoms with E-state index >= 15 is 0 Å². The standard InChI is InChI=1S/C10H10ClN3O2S/c1-3-16-10(15)7-6(12)5-4(2)8(11)13-14-9(5)17-7/h3,12H2,1-2H3. The molecule has 0 saturated heterocycles. The minimum Gasteiger partial charge on any atom is -0.462 e. The fourth-order valence-corrected chi connectivity index (χ4v) is 2.61. The van der Waals surface area contributed by atoms with E-state index in [4.69, 9.17) is 22.1 Å². The first-order valence-electron chi connectivity index (χ1n) is 4.94. The molecule has 0 radical (unpaired) electrons. The summed E-state index contributed by atoms with van der Waals surface area (Å²) < 4.78 is 4.92. The van der Waals surface area contributed by atoms with E-state index in [-0.39, 0.29) is 5.15 Å². The van der Waals surface area contributed by atoms with Crippen LogP contribution >= 0.6 is 22.9 Å². The van der Waals surface area contributed by atoms with Gasteiger partial charge in [0.25, 0.3) is 0 Å². The highest BCUT2D eigenvalue weighted by Crippen LogP contribution is 2.36. The molecule has 0 aliphatic rings. The van der Waals surface area contributed by atoms with Crippen molar-refractivity contribution in [3.05, 3.63) is 15.6 Å². The third-order valence-corrected chi connectivity index (χ3v) is 3.73. The highest BCUT2D eigenvalue weighted by atomic mass is 35.5. The summed E-state index contributed by atoms with van der Waals surface area (Å²) >= 11 is 7.03. The first-order chi connectivity index (χ1) is 8.06. The number of hydrogen-bond acceptors (Lipinski definition) is 6. The Kier molecular flexibility index (Phi) is 3.17. The number of halogens is 1. The van der Waals surface area contributed by atoms with Crippen LogP contribution in [0.25, 0.3) is 10.2 Å². The van der Waals surface area contributed by atoms with E-state index < -0.39 is 5.97 Å². The lowest BCUT2D eigenvalue weighted by molar-refractivity contribution is 0.0533. The number of nitrogens with two attached hydrogens (primary N) is 1. The molecule has 0 aliphatic carbocycles. The molecular formula is C10H10ClN3O2S. The number of hydrogen-bond donors (Lipinski definition) is 1. The molecule has 90 valence electrons. The molecule has 0 unspecified atom stereocenters. The third kappa shape index (κ3) is 1.94. The van der Waals surface area contributed by atoms with E-state index in [1.165, 1.54) is 0 Å². The molecule has 2 N–H and O–H groups in total. The predicted octanol–water partition coefficient (Wildman–Crippen LogP) is 2.41. The summed E-state index contributed by atoms with van der Waals surface area (Å²) in [6, 6.07) is 0. The van der Waals surface area contributed by atoms with Crippen LogP contribution in [0.3, 0.4) is 0 Å². The summed E-state index contributed by atoms with van der Waals surface area (Å²) in [6.45, 7) is 3.83. The minimum atomic E-state index is -0.441. The molecule has 0 spiro atoms. The topological polar surface area (TPSA) is 78.1 Å². The van der Waals surface area contributed by atoms with Gasteiger partial charge in [0.1, 0.15) is 9.71 Å². The van der Waals surface area contributed by atoms with E-state index in [1.807, 2.05) is 0 Å². The number of esters is 1. The van der Waals surface area contributed by atoms with E-state index in [0.717, 1.165) is 16.9 Å². The number of rotatable bonds is 2. The first-order valence-corrected chi connectivity index (χ1v) is 6.13. The van der Waals surface area contributed by atoms with Crippen molar-refractivity contribution in [1.29, 1.82) is 0 Å². The van der Waals surface area contributed by atoms with Crippen molar-refractivity contribution in [2.24, 2.45) is 0 Å². The summed E-state index contributed by atoms with van der Waals surface area (Å²) in [4.78, 5) is 12.6. The fourth-order valence-electron chi connectivity index (χ4n) is 1.48. The highest BCUT2D eigenvalue weighted by molar-refractivity contribution is 7.21. The Balaban J connectivity index is 2.65. The average molecular weight is 272 g/mol. The molecule has 2 aromatic heterocycles. The fraction of sp³-hybridized carbons (Fsp3) is 0.300. The number of anilines is 1. The van der Waals surface area contributed by atoms with Gasteiger partial charge in [0.2, 0.25) is 0 Å². The van der Waals surface area contributed by atoms with Crippen LogP contribution in [-0.4, -0.2) is 22.8 Å². The van der Waals surface area contributed by atoms with E-state index in [2.05, 4.69) is 10.2 Å². The second kappa shape index (κ2) is 4.46. The molecule has 0 saturated carbocycles. The number of nitrogens with zero attached hydrogens (tertiary/aromatic N) is 2. The molecule has 5 nitrogen and oxygen atoms in total. The molecule has 0 bridgehead atoms. The number of carbonyl (C=O) groups is 1. The number of aromatic nitrogens is 2. The highest BCUT2D eigenvalue weighted by Gasteiger charge is 2.20. The van der Waals surface area contributed by atoms with Gasteiger partial charge in [-0.1, -0.05) is 11.6 Å². The molecular weight excluding hydrogens is 262 g/mol. The Morgan fingerprint density at radius 1 is 1.53 bits per heavy atom. The van der Waals surface area contributed by atoms with Crippen LogP contribution < -0.4 is 5.73 Å². The number of fused-ring (bicyclic) bond motifs is 1. The summed E-state index contributed by atoms with van der Waals surface area (Å²) in [5.74, 6) is -0.441. The largest absolute Gasteiger partial charge is 0.462 e. The van der Waals surface area contributed by atoms with Crippen molar-refractivity contribution < 1.29 is 9.53 Å². The van der Waals surface area contributed by atoms with Crippen molar-refractivity contribution >= 4 is 44.8 Å². The molecule has 17 heavy (non-hydrogen) atoms. The Morgan fingerprint density at radius 3 is 2.88 bits per heavy atom. The van der Waals surface area contributed by atoms with Gasteiger partial charge in [0.05, 0.1) is 12.3 Å². The van der Waals surface area contributed by atoms with Crippen LogP contribution in [0.1, 0.15) is 22.2 Å². The zero-order valence-electron chi connectivity index (χ0n) is 9.28. The van der Waals surface area contributed by atoms with Gasteiger partial charge in [0.15, 0.2) is 5.15 Å². The molecule has 0 amide bonds. The maximum absolute atomic E-state index is 11.7. The normalized spacial score (nSPS) is 10.8. The monoisotopic (exact) mass is 271 g/mol. The van der Waals surface area contributed by atoms with Crippen molar-refractivity contribution in [3.8, 4) is 0 Å². The maximum Gasteiger partial charge on any atom is 0.350 e. The lowest BCUT2D eigenvalue weighted by atomic mass is 10.2. The molecule has 2 aromatic rings. The minimum absolute atomic E-state index is 0.289. The Bertz CT molecular complexity index is 597. The van der Waals surface area contributed by atoms with Gasteiger partial charge in [-0.25, -0.2) is 4.79 Å². The number of nitrogen functional groups attached to an aromatic ring is 1. The van der Waals surface area contributed by atoms with E-state index in [0.29, 0.717) is 27.4 Å². The summed E-state index contributed by atoms with van der Waals surface area (Å²) in [7, 11) is 0. The van der Waals surface area contributed by atoms with Crippen molar-refractivity contribution in [2.45, 2.75) is 13.8 Å². The zero-order valence-corrected chi connectivity index (χ0v) is 10.9. The van der Waals surface area contributed by atoms with Gasteiger partial charge in [-0.2, -0.15) is 0 Å². The summed E-state index contributed by atoms with van der Waals surface area (Å²) in [6.07, 6.45) is 0. The third-order valence-electron chi connectivity index (χ3n) is 2.30. The first kappa shape index (κ1) is 12.1. The van der Waals surface area contributed by atoms with Gasteiger partial charge in [-0.15, -0.1) is 21.5 Å². The van der Waals surface area contributed by atoms with Crippen LogP contribution in [0.5, 0.6) is 0 Å². The van der Waals surface area contributed by atoms with E-state index in [1.54, 1.807) is 13.8 Å². The van der Waals surface area contributed by atoms with Crippen LogP contribution in [-0.2, 0) is 4.74 Å². The Labute approximate surface area is 107 Å². The van der Waals surface area contributed by atoms with Crippen LogP contribution in [0.4, 0.5) is 5.69 Å². The second-order valence-corrected chi connectivity index (χ2v) is 4.72. The Hall–Kier alpha value is -1.40. The van der Waals surface area contributed by atoms with Gasteiger partial charge >= 0.3 is 5.97 Å². The molecule has 2 rings (SSSR count). The molecule has 2 heterocycles. The summed E-state index contributed by atoms with van der Waals surface area (Å²) in [5.41, 5.74) is 7.01. The molecule has 0 aromatic carbocycles. The quantitative estimate of drug-likeness (QED) is 0.849. The number of aryl methyl sites for hydroxylation is 1. The average Bonchev–Trinajstić information content (AvgIpc) is 2.62. The number of thiophene rings is 1. The maximum atomic E-state index is 11.7. The van der Waals surface area contributed by atoms with Crippen molar-refractivity contribution in [1.82, 2.24) is 10.2 Å². The zero-order chi connectivity index (χ0) is 12.6. The van der Waals surface area contributed by atoms with Gasteiger partial charge in [0, 0.05) is 10.9 Å². The van der Waals surface area contributed by atoms with Gasteiger partial charge < -0.3 is 10.5 Å². The molecule has 0 atom stereocenters. The predicted molar refractivity (Wildman–Crippen MR) is 67.5 cm³/mol. The lowest BCUT2D eigenvalue weighted by Crippen LogP contribution is -2.04. The summed E-state index contributed by atoms with van der Waals surface area (Å²) in [5, 5.41) is 8.67. The Morgan fingerprint density at radius 2 is 2.24 bits per heavy atom. The van der Waals surface area contributed by atoms with Crippen molar-refractivity contribution in [3.63, 3.8) is 0 Å². The SMILES string of the molecule is CCOC(=O)c1sc2nnc(Cl)c(C)c2c1N. The molecule has 0 aliphatic heterocycles. The van der Waals surface area contributed by atoms with Gasteiger partial charge in [-0.3, -0.25) is 0 Å². The molecule has 0 fully saturated rings. The molecule has 7 heteroatoms. The number of ether oxygens (including phenoxy) is 1. The van der Waals surface area contributed by atoms with Crippen LogP contribution in [0, 0.1) is 6.92 Å². The van der Waals surface area contributed by atoms with Gasteiger partial charge in [-0.05, 0) is 13.8 Å². The van der Waals surface area contributed by atoms with Crippen LogP contribution in [0.15, 0.2) is 0 Å².